The van der Waals surface area contributed by atoms with E-state index in [1.807, 2.05) is 0 Å². The van der Waals surface area contributed by atoms with Gasteiger partial charge in [-0.15, -0.1) is 0 Å². The van der Waals surface area contributed by atoms with Crippen LogP contribution in [0.15, 0.2) is 42.5 Å². The minimum atomic E-state index is -4.39. The van der Waals surface area contributed by atoms with E-state index in [1.165, 1.54) is 30.2 Å². The first-order valence-corrected chi connectivity index (χ1v) is 8.16. The Morgan fingerprint density at radius 3 is 2.37 bits per heavy atom. The minimum absolute atomic E-state index is 0.0260. The lowest BCUT2D eigenvalue weighted by Crippen LogP contribution is -2.38. The third-order valence-electron chi connectivity index (χ3n) is 4.09. The molecule has 2 aromatic carbocycles. The van der Waals surface area contributed by atoms with E-state index >= 15 is 0 Å². The maximum absolute atomic E-state index is 12.6. The second kappa shape index (κ2) is 8.20. The third kappa shape index (κ3) is 5.29. The van der Waals surface area contributed by atoms with Gasteiger partial charge in [0.1, 0.15) is 0 Å². The van der Waals surface area contributed by atoms with Crippen LogP contribution in [0.5, 0.6) is 11.5 Å². The van der Waals surface area contributed by atoms with Crippen LogP contribution in [0.25, 0.3) is 0 Å². The first kappa shape index (κ1) is 20.4. The molecule has 0 aliphatic heterocycles. The Bertz CT molecular complexity index is 792. The Hall–Kier alpha value is -2.90. The van der Waals surface area contributed by atoms with Crippen molar-refractivity contribution in [2.24, 2.45) is 0 Å². The van der Waals surface area contributed by atoms with Gasteiger partial charge < -0.3 is 20.1 Å². The Balaban J connectivity index is 1.98. The van der Waals surface area contributed by atoms with E-state index < -0.39 is 23.8 Å². The highest BCUT2D eigenvalue weighted by molar-refractivity contribution is 5.74. The van der Waals surface area contributed by atoms with Gasteiger partial charge in [-0.1, -0.05) is 18.2 Å². The fourth-order valence-corrected chi connectivity index (χ4v) is 2.52. The first-order chi connectivity index (χ1) is 12.6. The van der Waals surface area contributed by atoms with Crippen LogP contribution in [0.4, 0.5) is 18.0 Å². The quantitative estimate of drug-likeness (QED) is 0.810. The Morgan fingerprint density at radius 2 is 1.85 bits per heavy atom. The molecule has 0 aliphatic rings. The maximum atomic E-state index is 12.6. The molecule has 1 atom stereocenters. The summed E-state index contributed by atoms with van der Waals surface area (Å²) < 4.78 is 42.8. The lowest BCUT2D eigenvalue weighted by Gasteiger charge is -2.22. The largest absolute Gasteiger partial charge is 0.504 e. The molecule has 146 valence electrons. The average molecular weight is 382 g/mol. The molecule has 2 N–H and O–H groups in total. The van der Waals surface area contributed by atoms with Gasteiger partial charge in [0, 0.05) is 13.6 Å². The molecular formula is C19H21F3N2O3. The van der Waals surface area contributed by atoms with Gasteiger partial charge in [0.2, 0.25) is 0 Å². The van der Waals surface area contributed by atoms with Crippen molar-refractivity contribution in [3.63, 3.8) is 0 Å². The number of benzene rings is 2. The van der Waals surface area contributed by atoms with Crippen molar-refractivity contribution in [2.45, 2.75) is 25.7 Å². The number of nitrogens with one attached hydrogen (secondary N) is 1. The fourth-order valence-electron chi connectivity index (χ4n) is 2.52. The van der Waals surface area contributed by atoms with E-state index in [2.05, 4.69) is 5.32 Å². The van der Waals surface area contributed by atoms with E-state index in [0.717, 1.165) is 12.1 Å². The number of carbonyl (C=O) groups excluding carboxylic acids is 1. The fraction of sp³-hybridized carbons (Fsp3) is 0.316. The smallest absolute Gasteiger partial charge is 0.416 e. The Kier molecular flexibility index (Phi) is 6.20. The first-order valence-electron chi connectivity index (χ1n) is 8.16. The SMILES string of the molecule is COc1ccc(CN(C)C(=O)NC(C)c2ccc(C(F)(F)F)cc2)cc1O. The summed E-state index contributed by atoms with van der Waals surface area (Å²) in [5.74, 6) is 0.309. The number of alkyl halides is 3. The number of phenols is 1. The number of halogens is 3. The summed E-state index contributed by atoms with van der Waals surface area (Å²) in [6, 6.07) is 8.63. The number of amides is 2. The molecule has 0 aliphatic carbocycles. The number of ether oxygens (including phenoxy) is 1. The number of nitrogens with zero attached hydrogens (tertiary/aromatic N) is 1. The molecular weight excluding hydrogens is 361 g/mol. The molecule has 0 heterocycles. The van der Waals surface area contributed by atoms with Crippen LogP contribution in [0.2, 0.25) is 0 Å². The van der Waals surface area contributed by atoms with Crippen molar-refractivity contribution in [2.75, 3.05) is 14.2 Å². The number of methoxy groups -OCH3 is 1. The van der Waals surface area contributed by atoms with E-state index in [1.54, 1.807) is 26.1 Å². The van der Waals surface area contributed by atoms with Gasteiger partial charge >= 0.3 is 12.2 Å². The van der Waals surface area contributed by atoms with Crippen molar-refractivity contribution in [3.8, 4) is 11.5 Å². The van der Waals surface area contributed by atoms with Gasteiger partial charge in [-0.2, -0.15) is 13.2 Å². The highest BCUT2D eigenvalue weighted by Gasteiger charge is 2.30. The normalized spacial score (nSPS) is 12.4. The Morgan fingerprint density at radius 1 is 1.22 bits per heavy atom. The zero-order valence-corrected chi connectivity index (χ0v) is 15.2. The number of urea groups is 1. The minimum Gasteiger partial charge on any atom is -0.504 e. The van der Waals surface area contributed by atoms with Gasteiger partial charge in [0.25, 0.3) is 0 Å². The maximum Gasteiger partial charge on any atom is 0.416 e. The van der Waals surface area contributed by atoms with Crippen LogP contribution < -0.4 is 10.1 Å². The molecule has 8 heteroatoms. The van der Waals surface area contributed by atoms with Crippen molar-refractivity contribution in [1.29, 1.82) is 0 Å². The topological polar surface area (TPSA) is 61.8 Å². The van der Waals surface area contributed by atoms with Crippen molar-refractivity contribution in [3.05, 3.63) is 59.2 Å². The zero-order chi connectivity index (χ0) is 20.2. The van der Waals surface area contributed by atoms with Gasteiger partial charge in [0.05, 0.1) is 18.7 Å². The molecule has 0 bridgehead atoms. The molecule has 0 radical (unpaired) electrons. The number of rotatable bonds is 5. The third-order valence-corrected chi connectivity index (χ3v) is 4.09. The van der Waals surface area contributed by atoms with E-state index in [9.17, 15) is 23.1 Å². The lowest BCUT2D eigenvalue weighted by molar-refractivity contribution is -0.137. The summed E-state index contributed by atoms with van der Waals surface area (Å²) in [6.45, 7) is 1.93. The highest BCUT2D eigenvalue weighted by Crippen LogP contribution is 2.30. The molecule has 0 aromatic heterocycles. The van der Waals surface area contributed by atoms with Gasteiger partial charge in [-0.25, -0.2) is 4.79 Å². The molecule has 2 amide bonds. The van der Waals surface area contributed by atoms with Crippen molar-refractivity contribution < 1.29 is 27.8 Å². The summed E-state index contributed by atoms with van der Waals surface area (Å²) in [6.07, 6.45) is -4.39. The zero-order valence-electron chi connectivity index (χ0n) is 15.2. The number of carbonyl (C=O) groups is 1. The molecule has 0 spiro atoms. The molecule has 5 nitrogen and oxygen atoms in total. The molecule has 0 saturated carbocycles. The lowest BCUT2D eigenvalue weighted by atomic mass is 10.1. The van der Waals surface area contributed by atoms with E-state index in [0.29, 0.717) is 16.9 Å². The van der Waals surface area contributed by atoms with Crippen LogP contribution in [-0.4, -0.2) is 30.2 Å². The van der Waals surface area contributed by atoms with Gasteiger partial charge in [-0.3, -0.25) is 0 Å². The molecule has 1 unspecified atom stereocenters. The predicted molar refractivity (Wildman–Crippen MR) is 94.5 cm³/mol. The van der Waals surface area contributed by atoms with Gasteiger partial charge in [-0.05, 0) is 42.3 Å². The van der Waals surface area contributed by atoms with E-state index in [4.69, 9.17) is 4.74 Å². The second-order valence-electron chi connectivity index (χ2n) is 6.15. The van der Waals surface area contributed by atoms with Crippen molar-refractivity contribution >= 4 is 6.03 Å². The summed E-state index contributed by atoms with van der Waals surface area (Å²) in [5, 5.41) is 12.5. The second-order valence-corrected chi connectivity index (χ2v) is 6.15. The van der Waals surface area contributed by atoms with Crippen LogP contribution in [0, 0.1) is 0 Å². The van der Waals surface area contributed by atoms with Crippen LogP contribution >= 0.6 is 0 Å². The molecule has 2 rings (SSSR count). The summed E-state index contributed by atoms with van der Waals surface area (Å²) in [7, 11) is 3.02. The van der Waals surface area contributed by atoms with Crippen LogP contribution in [0.1, 0.15) is 29.7 Å². The van der Waals surface area contributed by atoms with Crippen molar-refractivity contribution in [1.82, 2.24) is 10.2 Å². The van der Waals surface area contributed by atoms with Crippen LogP contribution in [-0.2, 0) is 12.7 Å². The van der Waals surface area contributed by atoms with Crippen LogP contribution in [0.3, 0.4) is 0 Å². The summed E-state index contributed by atoms with van der Waals surface area (Å²) in [5.41, 5.74) is 0.529. The monoisotopic (exact) mass is 382 g/mol. The average Bonchev–Trinajstić information content (AvgIpc) is 2.61. The predicted octanol–water partition coefficient (Wildman–Crippen LogP) is 4.32. The van der Waals surface area contributed by atoms with Gasteiger partial charge in [0.15, 0.2) is 11.5 Å². The summed E-state index contributed by atoms with van der Waals surface area (Å²) >= 11 is 0. The molecule has 0 saturated heterocycles. The van der Waals surface area contributed by atoms with E-state index in [-0.39, 0.29) is 12.3 Å². The highest BCUT2D eigenvalue weighted by atomic mass is 19.4. The number of aromatic hydroxyl groups is 1. The molecule has 27 heavy (non-hydrogen) atoms. The number of hydrogen-bond acceptors (Lipinski definition) is 3. The number of hydrogen-bond donors (Lipinski definition) is 2. The molecule has 0 fully saturated rings. The molecule has 2 aromatic rings. The number of phenolic OH excluding ortho intramolecular Hbond substituents is 1. The standard InChI is InChI=1S/C19H21F3N2O3/c1-12(14-5-7-15(8-6-14)19(20,21)22)23-18(26)24(2)11-13-4-9-17(27-3)16(25)10-13/h4-10,12,25H,11H2,1-3H3,(H,23,26). The Labute approximate surface area is 155 Å². The summed E-state index contributed by atoms with van der Waals surface area (Å²) in [4.78, 5) is 13.7.